The molecule has 0 atom stereocenters. The van der Waals surface area contributed by atoms with Gasteiger partial charge in [-0.25, -0.2) is 0 Å². The Labute approximate surface area is 359 Å². The first kappa shape index (κ1) is 38.7. The van der Waals surface area contributed by atoms with E-state index in [4.69, 9.17) is 0 Å². The predicted octanol–water partition coefficient (Wildman–Crippen LogP) is 15.4. The third kappa shape index (κ3) is 8.00. The summed E-state index contributed by atoms with van der Waals surface area (Å²) in [7, 11) is 6.39. The van der Waals surface area contributed by atoms with Crippen molar-refractivity contribution < 1.29 is 0 Å². The first-order valence-electron chi connectivity index (χ1n) is 20.8. The lowest BCUT2D eigenvalue weighted by Gasteiger charge is -2.28. The number of para-hydroxylation sites is 5. The fourth-order valence-corrected chi connectivity index (χ4v) is 8.33. The van der Waals surface area contributed by atoms with Crippen LogP contribution in [-0.2, 0) is 7.05 Å². The maximum Gasteiger partial charge on any atom is 0.0488 e. The number of aryl methyl sites for hydroxylation is 1. The second-order valence-electron chi connectivity index (χ2n) is 15.2. The molecule has 9 aromatic carbocycles. The largest absolute Gasteiger partial charge is 0.344 e. The van der Waals surface area contributed by atoms with Crippen molar-refractivity contribution in [1.29, 1.82) is 0 Å². The van der Waals surface area contributed by atoms with Crippen LogP contribution in [0, 0.1) is 0 Å². The van der Waals surface area contributed by atoms with Gasteiger partial charge in [0.05, 0.1) is 0 Å². The van der Waals surface area contributed by atoms with Crippen LogP contribution in [0.4, 0.5) is 39.8 Å². The average Bonchev–Trinajstić information content (AvgIpc) is 3.63. The van der Waals surface area contributed by atoms with E-state index in [0.29, 0.717) is 0 Å². The molecule has 0 bridgehead atoms. The number of fused-ring (bicyclic) bond motifs is 3. The van der Waals surface area contributed by atoms with Gasteiger partial charge >= 0.3 is 0 Å². The molecule has 0 N–H and O–H groups in total. The van der Waals surface area contributed by atoms with Gasteiger partial charge in [-0.1, -0.05) is 152 Å². The Morgan fingerprint density at radius 3 is 1.03 bits per heavy atom. The molecular formula is C57H48N4. The summed E-state index contributed by atoms with van der Waals surface area (Å²) in [5.74, 6) is 0. The molecule has 4 heteroatoms. The zero-order valence-corrected chi connectivity index (χ0v) is 34.8. The van der Waals surface area contributed by atoms with Crippen LogP contribution in [-0.4, -0.2) is 18.7 Å². The summed E-state index contributed by atoms with van der Waals surface area (Å²) in [5, 5.41) is 2.68. The van der Waals surface area contributed by atoms with Crippen LogP contribution in [0.25, 0.3) is 44.1 Å². The van der Waals surface area contributed by atoms with E-state index >= 15 is 0 Å². The maximum absolute atomic E-state index is 2.31. The Kier molecular flexibility index (Phi) is 11.1. The Bertz CT molecular complexity index is 2810. The number of aromatic nitrogens is 1. The minimum atomic E-state index is 1.10. The molecule has 0 fully saturated rings. The van der Waals surface area contributed by atoms with Crippen LogP contribution in [0.1, 0.15) is 0 Å². The van der Waals surface area contributed by atoms with E-state index in [1.54, 1.807) is 0 Å². The molecule has 61 heavy (non-hydrogen) atoms. The van der Waals surface area contributed by atoms with Crippen LogP contribution >= 0.6 is 0 Å². The maximum atomic E-state index is 2.31. The van der Waals surface area contributed by atoms with E-state index in [-0.39, 0.29) is 0 Å². The van der Waals surface area contributed by atoms with Crippen molar-refractivity contribution in [3.8, 4) is 22.3 Å². The summed E-state index contributed by atoms with van der Waals surface area (Å²) in [6.45, 7) is 0. The molecule has 0 aliphatic rings. The van der Waals surface area contributed by atoms with E-state index in [2.05, 4.69) is 277 Å². The molecule has 0 amide bonds. The Morgan fingerprint density at radius 1 is 0.295 bits per heavy atom. The van der Waals surface area contributed by atoms with Gasteiger partial charge in [0.2, 0.25) is 0 Å². The van der Waals surface area contributed by atoms with E-state index in [0.717, 1.165) is 28.4 Å². The molecular weight excluding hydrogens is 741 g/mol. The first-order chi connectivity index (χ1) is 30.0. The van der Waals surface area contributed by atoms with Crippen molar-refractivity contribution in [2.45, 2.75) is 0 Å². The van der Waals surface area contributed by atoms with Crippen LogP contribution in [0.5, 0.6) is 0 Å². The van der Waals surface area contributed by atoms with Crippen molar-refractivity contribution in [3.05, 3.63) is 237 Å². The zero-order valence-electron chi connectivity index (χ0n) is 34.8. The van der Waals surface area contributed by atoms with Crippen LogP contribution in [0.2, 0.25) is 0 Å². The lowest BCUT2D eigenvalue weighted by molar-refractivity contribution is 1.01. The molecule has 0 radical (unpaired) electrons. The van der Waals surface area contributed by atoms with Gasteiger partial charge in [0.25, 0.3) is 0 Å². The lowest BCUT2D eigenvalue weighted by atomic mass is 10.0. The summed E-state index contributed by atoms with van der Waals surface area (Å²) in [6, 6.07) is 83.5. The Balaban J connectivity index is 0.000000285. The van der Waals surface area contributed by atoms with Crippen LogP contribution < -0.4 is 14.7 Å². The fourth-order valence-electron chi connectivity index (χ4n) is 8.33. The van der Waals surface area contributed by atoms with Gasteiger partial charge in [-0.2, -0.15) is 0 Å². The average molecular weight is 789 g/mol. The second kappa shape index (κ2) is 17.6. The third-order valence-corrected chi connectivity index (χ3v) is 11.5. The van der Waals surface area contributed by atoms with E-state index in [1.165, 1.54) is 55.4 Å². The van der Waals surface area contributed by atoms with Crippen molar-refractivity contribution in [1.82, 2.24) is 4.57 Å². The van der Waals surface area contributed by atoms with Gasteiger partial charge in [0, 0.05) is 93.9 Å². The minimum absolute atomic E-state index is 1.10. The predicted molar refractivity (Wildman–Crippen MR) is 261 cm³/mol. The van der Waals surface area contributed by atoms with Gasteiger partial charge in [0.15, 0.2) is 0 Å². The molecule has 0 aliphatic carbocycles. The van der Waals surface area contributed by atoms with Crippen molar-refractivity contribution in [3.63, 3.8) is 0 Å². The molecule has 0 saturated heterocycles. The van der Waals surface area contributed by atoms with Gasteiger partial charge in [-0.15, -0.1) is 0 Å². The van der Waals surface area contributed by atoms with E-state index in [9.17, 15) is 0 Å². The summed E-state index contributed by atoms with van der Waals surface area (Å²) < 4.78 is 2.24. The summed E-state index contributed by atoms with van der Waals surface area (Å²) in [5.41, 5.74) is 15.3. The molecule has 296 valence electrons. The SMILES string of the molecule is CN(c1ccc(N(c2ccccc2)c2ccc(N(C)c3ccccc3-c3ccccc3)cc2)cc1)c1ccccc1-c1ccccc1.Cn1c2ccccc2c2ccccc21. The van der Waals surface area contributed by atoms with Crippen molar-refractivity contribution in [2.24, 2.45) is 7.05 Å². The second-order valence-corrected chi connectivity index (χ2v) is 15.2. The number of nitrogens with zero attached hydrogens (tertiary/aromatic N) is 4. The standard InChI is InChI=1S/C44H37N3.C13H11N/c1-45(43-24-14-12-22-41(43)34-16-6-3-7-17-34)36-26-30-39(31-27-36)47(38-20-10-5-11-21-38)40-32-28-37(29-33-40)46(2)44-25-15-13-23-42(44)35-18-8-4-9-19-35;1-14-12-8-4-2-6-10(12)11-7-3-5-9-13(11)14/h3-33H,1-2H3;2-9H,1H3. The molecule has 10 aromatic rings. The topological polar surface area (TPSA) is 14.7 Å². The van der Waals surface area contributed by atoms with E-state index < -0.39 is 0 Å². The highest BCUT2D eigenvalue weighted by molar-refractivity contribution is 6.07. The van der Waals surface area contributed by atoms with Crippen molar-refractivity contribution >= 4 is 61.6 Å². The molecule has 0 aliphatic heterocycles. The number of rotatable bonds is 9. The highest BCUT2D eigenvalue weighted by atomic mass is 15.2. The van der Waals surface area contributed by atoms with Gasteiger partial charge in [0.1, 0.15) is 0 Å². The molecule has 0 unspecified atom stereocenters. The number of hydrogen-bond acceptors (Lipinski definition) is 3. The monoisotopic (exact) mass is 788 g/mol. The third-order valence-electron chi connectivity index (χ3n) is 11.5. The zero-order chi connectivity index (χ0) is 41.5. The summed E-state index contributed by atoms with van der Waals surface area (Å²) in [6.07, 6.45) is 0. The normalized spacial score (nSPS) is 10.9. The summed E-state index contributed by atoms with van der Waals surface area (Å²) >= 11 is 0. The number of anilines is 7. The minimum Gasteiger partial charge on any atom is -0.344 e. The molecule has 0 spiro atoms. The van der Waals surface area contributed by atoms with Crippen LogP contribution in [0.3, 0.4) is 0 Å². The van der Waals surface area contributed by atoms with Gasteiger partial charge in [-0.3, -0.25) is 0 Å². The van der Waals surface area contributed by atoms with Crippen LogP contribution in [0.15, 0.2) is 237 Å². The molecule has 4 nitrogen and oxygen atoms in total. The molecule has 10 rings (SSSR count). The van der Waals surface area contributed by atoms with Gasteiger partial charge < -0.3 is 19.3 Å². The first-order valence-corrected chi connectivity index (χ1v) is 20.8. The molecule has 1 aromatic heterocycles. The smallest absolute Gasteiger partial charge is 0.0488 e. The van der Waals surface area contributed by atoms with Gasteiger partial charge in [-0.05, 0) is 96.1 Å². The number of hydrogen-bond donors (Lipinski definition) is 0. The van der Waals surface area contributed by atoms with E-state index in [1.807, 2.05) is 0 Å². The molecule has 0 saturated carbocycles. The van der Waals surface area contributed by atoms with Crippen molar-refractivity contribution in [2.75, 3.05) is 28.8 Å². The Hall–Kier alpha value is -7.82. The number of benzene rings is 9. The fraction of sp³-hybridized carbons (Fsp3) is 0.0526. The Morgan fingerprint density at radius 2 is 0.607 bits per heavy atom. The quantitative estimate of drug-likeness (QED) is 0.145. The highest BCUT2D eigenvalue weighted by Crippen LogP contribution is 2.40. The highest BCUT2D eigenvalue weighted by Gasteiger charge is 2.16. The molecule has 1 heterocycles. The summed E-state index contributed by atoms with van der Waals surface area (Å²) in [4.78, 5) is 6.83. The lowest BCUT2D eigenvalue weighted by Crippen LogP contribution is -2.13.